The molecule has 2 heterocycles. The van der Waals surface area contributed by atoms with E-state index in [1.54, 1.807) is 11.8 Å². The van der Waals surface area contributed by atoms with E-state index in [0.29, 0.717) is 84.8 Å². The van der Waals surface area contributed by atoms with Gasteiger partial charge in [0.15, 0.2) is 0 Å². The first-order chi connectivity index (χ1) is 25.4. The Kier molecular flexibility index (Phi) is 15.4. The first-order valence-electron chi connectivity index (χ1n) is 18.3. The van der Waals surface area contributed by atoms with Crippen molar-refractivity contribution in [2.45, 2.75) is 51.8 Å². The summed E-state index contributed by atoms with van der Waals surface area (Å²) in [6, 6.07) is 14.5. The smallest absolute Gasteiger partial charge is 0.305 e. The second-order valence-corrected chi connectivity index (χ2v) is 13.3. The number of carbonyl (C=O) groups is 3. The molecule has 284 valence electrons. The van der Waals surface area contributed by atoms with Gasteiger partial charge in [0.25, 0.3) is 0 Å². The van der Waals surface area contributed by atoms with Crippen LogP contribution in [0.1, 0.15) is 49.3 Å². The van der Waals surface area contributed by atoms with Gasteiger partial charge in [-0.3, -0.25) is 14.4 Å². The molecule has 1 saturated carbocycles. The summed E-state index contributed by atoms with van der Waals surface area (Å²) in [7, 11) is 0. The molecule has 0 spiro atoms. The molecule has 52 heavy (non-hydrogen) atoms. The van der Waals surface area contributed by atoms with Gasteiger partial charge in [0.1, 0.15) is 6.61 Å². The topological polar surface area (TPSA) is 148 Å². The number of rotatable bonds is 22. The second-order valence-electron chi connectivity index (χ2n) is 13.3. The summed E-state index contributed by atoms with van der Waals surface area (Å²) in [6.07, 6.45) is 5.08. The van der Waals surface area contributed by atoms with Gasteiger partial charge < -0.3 is 48.6 Å². The van der Waals surface area contributed by atoms with Gasteiger partial charge in [-0.05, 0) is 59.6 Å². The summed E-state index contributed by atoms with van der Waals surface area (Å²) in [4.78, 5) is 42.4. The minimum absolute atomic E-state index is 0.00739. The molecule has 0 saturated heterocycles. The van der Waals surface area contributed by atoms with Crippen LogP contribution in [-0.4, -0.2) is 125 Å². The van der Waals surface area contributed by atoms with Crippen molar-refractivity contribution in [3.05, 3.63) is 65.2 Å². The number of ether oxygens (including phenoxy) is 5. The third-order valence-corrected chi connectivity index (χ3v) is 9.58. The second kappa shape index (κ2) is 20.4. The van der Waals surface area contributed by atoms with Crippen LogP contribution in [0.5, 0.6) is 0 Å². The molecule has 2 amide bonds. The highest BCUT2D eigenvalue weighted by Gasteiger charge is 2.42. The van der Waals surface area contributed by atoms with Crippen LogP contribution < -0.4 is 9.80 Å². The highest BCUT2D eigenvalue weighted by Crippen LogP contribution is 2.45. The van der Waals surface area contributed by atoms with Crippen LogP contribution >= 0.6 is 0 Å². The van der Waals surface area contributed by atoms with Crippen molar-refractivity contribution in [3.8, 4) is 0 Å². The zero-order chi connectivity index (χ0) is 36.7. The van der Waals surface area contributed by atoms with Crippen LogP contribution in [0.25, 0.3) is 5.57 Å². The maximum Gasteiger partial charge on any atom is 0.305 e. The maximum atomic E-state index is 13.0. The van der Waals surface area contributed by atoms with E-state index in [-0.39, 0.29) is 44.1 Å². The van der Waals surface area contributed by atoms with Crippen molar-refractivity contribution in [2.75, 3.05) is 95.5 Å². The summed E-state index contributed by atoms with van der Waals surface area (Å²) >= 11 is 0. The number of carboxylic acid groups (broad SMARTS) is 1. The van der Waals surface area contributed by atoms with Crippen LogP contribution in [0.4, 0.5) is 11.4 Å². The highest BCUT2D eigenvalue weighted by molar-refractivity contribution is 5.98. The molecule has 2 N–H and O–H groups in total. The van der Waals surface area contributed by atoms with E-state index >= 15 is 0 Å². The Labute approximate surface area is 306 Å². The maximum absolute atomic E-state index is 13.0. The average Bonchev–Trinajstić information content (AvgIpc) is 4.00. The van der Waals surface area contributed by atoms with Crippen molar-refractivity contribution in [1.82, 2.24) is 4.90 Å². The molecular weight excluding hydrogens is 670 g/mol. The Balaban J connectivity index is 1.04. The standard InChI is InChI=1S/C39H53N3O10/c1-29(44)42-35-9-8-32(24-36(35)41(26-37(42)31-6-7-31)25-33-4-2-3-5-34(33)27-43)30-10-13-40(14-11-30)38(45)28-52-23-22-51-21-20-50-19-18-49-17-16-48-15-12-39(46)47/h2-5,8-10,24,31,37,43H,6-7,11-23,25-28H2,1H3,(H,46,47)/t37-/m1/s1. The molecule has 0 unspecified atom stereocenters. The lowest BCUT2D eigenvalue weighted by Crippen LogP contribution is -2.52. The van der Waals surface area contributed by atoms with Crippen LogP contribution in [0, 0.1) is 5.92 Å². The van der Waals surface area contributed by atoms with Gasteiger partial charge in [-0.2, -0.15) is 0 Å². The molecule has 13 heteroatoms. The predicted octanol–water partition coefficient (Wildman–Crippen LogP) is 3.50. The Morgan fingerprint density at radius 3 is 2.02 bits per heavy atom. The minimum atomic E-state index is -0.886. The summed E-state index contributed by atoms with van der Waals surface area (Å²) < 4.78 is 27.0. The van der Waals surface area contributed by atoms with E-state index in [1.165, 1.54) is 5.57 Å². The SMILES string of the molecule is CC(=O)N1c2ccc(C3=CCN(C(=O)COCCOCCOCCOCCOCCC(=O)O)CC3)cc2N(Cc2ccccc2CO)C[C@@H]1C1CC1. The number of hydrogen-bond donors (Lipinski definition) is 2. The van der Waals surface area contributed by atoms with Crippen LogP contribution in [0.15, 0.2) is 48.5 Å². The number of fused-ring (bicyclic) bond motifs is 1. The fourth-order valence-electron chi connectivity index (χ4n) is 6.68. The van der Waals surface area contributed by atoms with Crippen molar-refractivity contribution in [3.63, 3.8) is 0 Å². The lowest BCUT2D eigenvalue weighted by atomic mass is 9.95. The number of anilines is 2. The lowest BCUT2D eigenvalue weighted by Gasteiger charge is -2.44. The molecule has 5 rings (SSSR count). The van der Waals surface area contributed by atoms with Crippen molar-refractivity contribution < 1.29 is 48.3 Å². The number of aliphatic hydroxyl groups excluding tert-OH is 1. The molecule has 0 radical (unpaired) electrons. The largest absolute Gasteiger partial charge is 0.481 e. The van der Waals surface area contributed by atoms with E-state index in [1.807, 2.05) is 23.1 Å². The molecule has 1 fully saturated rings. The van der Waals surface area contributed by atoms with Crippen LogP contribution in [-0.2, 0) is 51.2 Å². The average molecular weight is 724 g/mol. The zero-order valence-corrected chi connectivity index (χ0v) is 30.2. The normalized spacial score (nSPS) is 17.2. The molecule has 13 nitrogen and oxygen atoms in total. The van der Waals surface area contributed by atoms with Crippen molar-refractivity contribution in [2.24, 2.45) is 5.92 Å². The van der Waals surface area contributed by atoms with Gasteiger partial charge in [-0.1, -0.05) is 36.4 Å². The molecule has 2 aromatic carbocycles. The van der Waals surface area contributed by atoms with Crippen LogP contribution in [0.3, 0.4) is 0 Å². The van der Waals surface area contributed by atoms with E-state index in [9.17, 15) is 19.5 Å². The lowest BCUT2D eigenvalue weighted by molar-refractivity contribution is -0.138. The Morgan fingerprint density at radius 1 is 0.808 bits per heavy atom. The molecule has 3 aliphatic rings. The number of carbonyl (C=O) groups excluding carboxylic acids is 2. The molecule has 0 bridgehead atoms. The molecule has 2 aliphatic heterocycles. The minimum Gasteiger partial charge on any atom is -0.481 e. The molecule has 1 atom stereocenters. The Morgan fingerprint density at radius 2 is 1.44 bits per heavy atom. The summed E-state index contributed by atoms with van der Waals surface area (Å²) in [6.45, 7) is 7.31. The van der Waals surface area contributed by atoms with Crippen LogP contribution in [0.2, 0.25) is 0 Å². The monoisotopic (exact) mass is 723 g/mol. The molecule has 1 aliphatic carbocycles. The van der Waals surface area contributed by atoms with E-state index in [2.05, 4.69) is 35.2 Å². The van der Waals surface area contributed by atoms with Gasteiger partial charge in [0.2, 0.25) is 11.8 Å². The van der Waals surface area contributed by atoms with E-state index in [0.717, 1.165) is 47.5 Å². The number of carboxylic acids is 1. The van der Waals surface area contributed by atoms with Crippen molar-refractivity contribution >= 4 is 34.7 Å². The van der Waals surface area contributed by atoms with Gasteiger partial charge in [-0.15, -0.1) is 0 Å². The zero-order valence-electron chi connectivity index (χ0n) is 30.2. The van der Waals surface area contributed by atoms with Crippen molar-refractivity contribution in [1.29, 1.82) is 0 Å². The summed E-state index contributed by atoms with van der Waals surface area (Å²) in [5, 5.41) is 18.5. The van der Waals surface area contributed by atoms with E-state index in [4.69, 9.17) is 28.8 Å². The van der Waals surface area contributed by atoms with E-state index < -0.39 is 5.97 Å². The fraction of sp³-hybridized carbons (Fsp3) is 0.564. The third kappa shape index (κ3) is 11.6. The first kappa shape index (κ1) is 39.4. The Hall–Kier alpha value is -3.85. The van der Waals surface area contributed by atoms with Gasteiger partial charge in [0.05, 0.1) is 89.9 Å². The van der Waals surface area contributed by atoms with Gasteiger partial charge >= 0.3 is 5.97 Å². The number of amides is 2. The third-order valence-electron chi connectivity index (χ3n) is 9.58. The number of nitrogens with zero attached hydrogens (tertiary/aromatic N) is 3. The summed E-state index contributed by atoms with van der Waals surface area (Å²) in [5.74, 6) is -0.386. The number of aliphatic carboxylic acids is 1. The summed E-state index contributed by atoms with van der Waals surface area (Å²) in [5.41, 5.74) is 6.20. The Bertz CT molecular complexity index is 1510. The fourth-order valence-corrected chi connectivity index (χ4v) is 6.68. The molecule has 2 aromatic rings. The van der Waals surface area contributed by atoms with Gasteiger partial charge in [-0.25, -0.2) is 0 Å². The highest BCUT2D eigenvalue weighted by atomic mass is 16.6. The molecular formula is C39H53N3O10. The van der Waals surface area contributed by atoms with Gasteiger partial charge in [0, 0.05) is 33.1 Å². The predicted molar refractivity (Wildman–Crippen MR) is 195 cm³/mol. The first-order valence-corrected chi connectivity index (χ1v) is 18.3. The number of hydrogen-bond acceptors (Lipinski definition) is 10. The number of benzene rings is 2. The molecule has 0 aromatic heterocycles. The number of aliphatic hydroxyl groups is 1. The quantitative estimate of drug-likeness (QED) is 0.172.